The van der Waals surface area contributed by atoms with Crippen LogP contribution < -0.4 is 11.1 Å². The van der Waals surface area contributed by atoms with E-state index in [0.29, 0.717) is 27.0 Å². The van der Waals surface area contributed by atoms with Crippen LogP contribution in [0.25, 0.3) is 11.3 Å². The molecule has 1 atom stereocenters. The molecule has 0 saturated heterocycles. The van der Waals surface area contributed by atoms with Crippen molar-refractivity contribution in [3.63, 3.8) is 0 Å². The lowest BCUT2D eigenvalue weighted by Gasteiger charge is -2.17. The highest BCUT2D eigenvalue weighted by atomic mass is 35.5. The van der Waals surface area contributed by atoms with E-state index in [0.717, 1.165) is 22.7 Å². The number of hydrogen-bond acceptors (Lipinski definition) is 4. The molecular formula is C18H17Cl2F3N4S. The maximum atomic E-state index is 12.9. The summed E-state index contributed by atoms with van der Waals surface area (Å²) in [4.78, 5) is 0. The maximum absolute atomic E-state index is 12.9. The van der Waals surface area contributed by atoms with Crippen molar-refractivity contribution in [2.75, 3.05) is 11.9 Å². The second-order valence-corrected chi connectivity index (χ2v) is 8.30. The van der Waals surface area contributed by atoms with Crippen molar-refractivity contribution in [1.29, 1.82) is 0 Å². The lowest BCUT2D eigenvalue weighted by molar-refractivity contribution is -0.137. The topological polar surface area (TPSA) is 55.9 Å². The number of nitrogens with one attached hydrogen (secondary N) is 1. The Morgan fingerprint density at radius 3 is 2.64 bits per heavy atom. The first-order valence-electron chi connectivity index (χ1n) is 8.29. The van der Waals surface area contributed by atoms with Gasteiger partial charge in [-0.3, -0.25) is 4.68 Å². The molecule has 0 bridgehead atoms. The second-order valence-electron chi connectivity index (χ2n) is 6.24. The number of hydrogen-bond donors (Lipinski definition) is 2. The van der Waals surface area contributed by atoms with Crippen LogP contribution in [-0.4, -0.2) is 22.4 Å². The molecule has 1 aromatic carbocycles. The summed E-state index contributed by atoms with van der Waals surface area (Å²) in [5.41, 5.74) is 7.13. The van der Waals surface area contributed by atoms with Gasteiger partial charge in [-0.05, 0) is 24.1 Å². The Bertz CT molecular complexity index is 949. The van der Waals surface area contributed by atoms with E-state index in [1.54, 1.807) is 17.8 Å². The maximum Gasteiger partial charge on any atom is 0.416 e. The van der Waals surface area contributed by atoms with E-state index in [1.807, 2.05) is 6.07 Å². The number of thiophene rings is 1. The van der Waals surface area contributed by atoms with E-state index in [1.165, 1.54) is 23.6 Å². The van der Waals surface area contributed by atoms with Gasteiger partial charge in [0.25, 0.3) is 0 Å². The molecule has 0 amide bonds. The van der Waals surface area contributed by atoms with Gasteiger partial charge in [0.1, 0.15) is 4.34 Å². The molecule has 10 heteroatoms. The lowest BCUT2D eigenvalue weighted by atomic mass is 10.0. The number of aromatic nitrogens is 2. The highest BCUT2D eigenvalue weighted by molar-refractivity contribution is 7.20. The predicted octanol–water partition coefficient (Wildman–Crippen LogP) is 5.46. The van der Waals surface area contributed by atoms with Gasteiger partial charge in [-0.25, -0.2) is 0 Å². The molecule has 4 nitrogen and oxygen atoms in total. The van der Waals surface area contributed by atoms with Gasteiger partial charge in [0.2, 0.25) is 0 Å². The van der Waals surface area contributed by atoms with E-state index in [2.05, 4.69) is 10.4 Å². The van der Waals surface area contributed by atoms with Gasteiger partial charge in [0.15, 0.2) is 0 Å². The zero-order valence-corrected chi connectivity index (χ0v) is 17.1. The molecule has 2 aromatic heterocycles. The Kier molecular flexibility index (Phi) is 6.24. The smallest absolute Gasteiger partial charge is 0.373 e. The van der Waals surface area contributed by atoms with Crippen LogP contribution in [0.5, 0.6) is 0 Å². The van der Waals surface area contributed by atoms with Crippen LogP contribution in [0.4, 0.5) is 18.2 Å². The summed E-state index contributed by atoms with van der Waals surface area (Å²) in [7, 11) is 1.76. The zero-order chi connectivity index (χ0) is 20.5. The van der Waals surface area contributed by atoms with Crippen LogP contribution in [0.15, 0.2) is 36.5 Å². The van der Waals surface area contributed by atoms with E-state index in [-0.39, 0.29) is 12.6 Å². The van der Waals surface area contributed by atoms with Gasteiger partial charge >= 0.3 is 6.18 Å². The number of anilines is 1. The third-order valence-corrected chi connectivity index (χ3v) is 5.77. The standard InChI is InChI=1S/C18H17Cl2F3N4S/c1-27-16(14(19)9-25-27)13-7-15(28-17(13)20)26-12(8-24)6-10-3-2-4-11(5-10)18(21,22)23/h2-5,7,9,12,26H,6,8,24H2,1H3/t12-/m0/s1. The van der Waals surface area contributed by atoms with Crippen molar-refractivity contribution in [2.24, 2.45) is 12.8 Å². The molecule has 2 heterocycles. The third-order valence-electron chi connectivity index (χ3n) is 4.20. The summed E-state index contributed by atoms with van der Waals surface area (Å²) in [5, 5.41) is 8.58. The van der Waals surface area contributed by atoms with Crippen LogP contribution in [0.1, 0.15) is 11.1 Å². The normalized spacial score (nSPS) is 13.0. The van der Waals surface area contributed by atoms with Crippen LogP contribution in [0.2, 0.25) is 9.36 Å². The monoisotopic (exact) mass is 448 g/mol. The van der Waals surface area contributed by atoms with Crippen LogP contribution in [0, 0.1) is 0 Å². The molecular weight excluding hydrogens is 432 g/mol. The minimum atomic E-state index is -4.37. The Morgan fingerprint density at radius 1 is 1.29 bits per heavy atom. The largest absolute Gasteiger partial charge is 0.416 e. The van der Waals surface area contributed by atoms with Gasteiger partial charge in [0.05, 0.1) is 27.5 Å². The minimum Gasteiger partial charge on any atom is -0.373 e. The summed E-state index contributed by atoms with van der Waals surface area (Å²) in [6.07, 6.45) is -2.49. The van der Waals surface area contributed by atoms with Crippen molar-refractivity contribution in [2.45, 2.75) is 18.6 Å². The van der Waals surface area contributed by atoms with E-state index < -0.39 is 11.7 Å². The number of nitrogens with zero attached hydrogens (tertiary/aromatic N) is 2. The summed E-state index contributed by atoms with van der Waals surface area (Å²) < 4.78 is 40.9. The Labute approximate surface area is 174 Å². The fraction of sp³-hybridized carbons (Fsp3) is 0.278. The number of aryl methyl sites for hydroxylation is 1. The SMILES string of the molecule is Cn1ncc(Cl)c1-c1cc(N[C@H](CN)Cc2cccc(C(F)(F)F)c2)sc1Cl. The molecule has 0 radical (unpaired) electrons. The number of halogens is 5. The van der Waals surface area contributed by atoms with Crippen molar-refractivity contribution in [1.82, 2.24) is 9.78 Å². The lowest BCUT2D eigenvalue weighted by Crippen LogP contribution is -2.30. The summed E-state index contributed by atoms with van der Waals surface area (Å²) in [5.74, 6) is 0. The van der Waals surface area contributed by atoms with Gasteiger partial charge in [-0.2, -0.15) is 18.3 Å². The molecule has 0 aliphatic carbocycles. The number of nitrogens with two attached hydrogens (primary N) is 1. The van der Waals surface area contributed by atoms with E-state index in [4.69, 9.17) is 28.9 Å². The molecule has 3 N–H and O–H groups in total. The molecule has 0 aliphatic heterocycles. The quantitative estimate of drug-likeness (QED) is 0.526. The van der Waals surface area contributed by atoms with Crippen molar-refractivity contribution < 1.29 is 13.2 Å². The first-order valence-corrected chi connectivity index (χ1v) is 9.86. The van der Waals surface area contributed by atoms with Crippen molar-refractivity contribution in [3.8, 4) is 11.3 Å². The van der Waals surface area contributed by atoms with Crippen LogP contribution in [0.3, 0.4) is 0 Å². The Hall–Kier alpha value is -1.74. The van der Waals surface area contributed by atoms with Crippen molar-refractivity contribution >= 4 is 39.5 Å². The number of benzene rings is 1. The molecule has 3 aromatic rings. The van der Waals surface area contributed by atoms with E-state index >= 15 is 0 Å². The van der Waals surface area contributed by atoms with Crippen LogP contribution in [-0.2, 0) is 19.6 Å². The first-order chi connectivity index (χ1) is 13.2. The fourth-order valence-electron chi connectivity index (χ4n) is 2.87. The molecule has 28 heavy (non-hydrogen) atoms. The molecule has 0 saturated carbocycles. The van der Waals surface area contributed by atoms with Gasteiger partial charge in [-0.1, -0.05) is 41.4 Å². The highest BCUT2D eigenvalue weighted by Gasteiger charge is 2.30. The van der Waals surface area contributed by atoms with E-state index in [9.17, 15) is 13.2 Å². The average molecular weight is 449 g/mol. The van der Waals surface area contributed by atoms with Gasteiger partial charge < -0.3 is 11.1 Å². The third kappa shape index (κ3) is 4.63. The minimum absolute atomic E-state index is 0.244. The summed E-state index contributed by atoms with van der Waals surface area (Å²) in [6.45, 7) is 0.244. The molecule has 150 valence electrons. The van der Waals surface area contributed by atoms with Crippen molar-refractivity contribution in [3.05, 3.63) is 57.0 Å². The number of alkyl halides is 3. The Balaban J connectivity index is 1.78. The molecule has 0 fully saturated rings. The first kappa shape index (κ1) is 21.0. The Morgan fingerprint density at radius 2 is 2.04 bits per heavy atom. The second kappa shape index (κ2) is 8.32. The molecule has 0 spiro atoms. The predicted molar refractivity (Wildman–Crippen MR) is 108 cm³/mol. The summed E-state index contributed by atoms with van der Waals surface area (Å²) in [6, 6.07) is 6.83. The van der Waals surface area contributed by atoms with Gasteiger partial charge in [-0.15, -0.1) is 11.3 Å². The van der Waals surface area contributed by atoms with Crippen LogP contribution >= 0.6 is 34.5 Å². The van der Waals surface area contributed by atoms with Gasteiger partial charge in [0, 0.05) is 25.2 Å². The average Bonchev–Trinajstić information content (AvgIpc) is 3.15. The molecule has 0 aliphatic rings. The fourth-order valence-corrected chi connectivity index (χ4v) is 4.39. The zero-order valence-electron chi connectivity index (χ0n) is 14.7. The number of rotatable bonds is 6. The highest BCUT2D eigenvalue weighted by Crippen LogP contribution is 2.41. The summed E-state index contributed by atoms with van der Waals surface area (Å²) >= 11 is 13.9. The molecule has 0 unspecified atom stereocenters. The molecule has 3 rings (SSSR count).